The van der Waals surface area contributed by atoms with Crippen molar-refractivity contribution in [1.29, 1.82) is 0 Å². The molecule has 0 spiro atoms. The first-order valence-electron chi connectivity index (χ1n) is 7.88. The molecule has 5 heteroatoms. The summed E-state index contributed by atoms with van der Waals surface area (Å²) in [4.78, 5) is 23.2. The van der Waals surface area contributed by atoms with Gasteiger partial charge in [-0.15, -0.1) is 0 Å². The lowest BCUT2D eigenvalue weighted by atomic mass is 10.1. The monoisotopic (exact) mass is 310 g/mol. The van der Waals surface area contributed by atoms with Gasteiger partial charge in [0.15, 0.2) is 0 Å². The van der Waals surface area contributed by atoms with Gasteiger partial charge in [0.05, 0.1) is 0 Å². The van der Waals surface area contributed by atoms with Crippen LogP contribution in [0.1, 0.15) is 10.4 Å². The van der Waals surface area contributed by atoms with Crippen molar-refractivity contribution in [3.8, 4) is 0 Å². The van der Waals surface area contributed by atoms with Crippen LogP contribution in [-0.2, 0) is 0 Å². The maximum Gasteiger partial charge on any atom is 0.254 e. The number of carbonyl (C=O) groups excluding carboxylic acids is 1. The van der Waals surface area contributed by atoms with Gasteiger partial charge in [0.25, 0.3) is 5.91 Å². The Balaban J connectivity index is 1.65. The van der Waals surface area contributed by atoms with E-state index in [-0.39, 0.29) is 5.91 Å². The average molecular weight is 310 g/mol. The van der Waals surface area contributed by atoms with E-state index in [0.717, 1.165) is 43.2 Å². The molecule has 120 valence electrons. The van der Waals surface area contributed by atoms with Crippen LogP contribution < -0.4 is 9.80 Å². The maximum atomic E-state index is 12.7. The van der Waals surface area contributed by atoms with Gasteiger partial charge in [-0.1, -0.05) is 12.1 Å². The predicted molar refractivity (Wildman–Crippen MR) is 93.1 cm³/mol. The van der Waals surface area contributed by atoms with Crippen LogP contribution in [0.4, 0.5) is 11.5 Å². The first-order valence-corrected chi connectivity index (χ1v) is 7.88. The van der Waals surface area contributed by atoms with Gasteiger partial charge in [-0.3, -0.25) is 4.79 Å². The zero-order chi connectivity index (χ0) is 16.2. The second-order valence-corrected chi connectivity index (χ2v) is 5.91. The molecule has 3 rings (SSSR count). The van der Waals surface area contributed by atoms with Crippen LogP contribution in [0.2, 0.25) is 0 Å². The SMILES string of the molecule is CN(C)c1cccc(C(=O)N2CCN(c3ccccn3)CC2)c1. The highest BCUT2D eigenvalue weighted by Crippen LogP contribution is 2.17. The molecule has 1 fully saturated rings. The molecule has 2 aromatic rings. The van der Waals surface area contributed by atoms with E-state index in [0.29, 0.717) is 0 Å². The molecule has 1 amide bonds. The summed E-state index contributed by atoms with van der Waals surface area (Å²) in [5, 5.41) is 0. The molecule has 0 unspecified atom stereocenters. The van der Waals surface area contributed by atoms with Crippen molar-refractivity contribution in [2.24, 2.45) is 0 Å². The summed E-state index contributed by atoms with van der Waals surface area (Å²) in [6.07, 6.45) is 1.81. The second kappa shape index (κ2) is 6.69. The molecule has 0 saturated carbocycles. The van der Waals surface area contributed by atoms with E-state index in [2.05, 4.69) is 9.88 Å². The quantitative estimate of drug-likeness (QED) is 0.870. The summed E-state index contributed by atoms with van der Waals surface area (Å²) in [5.74, 6) is 1.09. The largest absolute Gasteiger partial charge is 0.378 e. The topological polar surface area (TPSA) is 39.7 Å². The van der Waals surface area contributed by atoms with Crippen LogP contribution in [0.3, 0.4) is 0 Å². The van der Waals surface area contributed by atoms with Gasteiger partial charge in [-0.25, -0.2) is 4.98 Å². The molecule has 0 atom stereocenters. The summed E-state index contributed by atoms with van der Waals surface area (Å²) >= 11 is 0. The molecule has 1 aromatic carbocycles. The number of aromatic nitrogens is 1. The molecule has 0 N–H and O–H groups in total. The number of nitrogens with zero attached hydrogens (tertiary/aromatic N) is 4. The number of carbonyl (C=O) groups is 1. The fourth-order valence-corrected chi connectivity index (χ4v) is 2.78. The summed E-state index contributed by atoms with van der Waals surface area (Å²) in [6, 6.07) is 13.7. The van der Waals surface area contributed by atoms with Crippen LogP contribution in [0.25, 0.3) is 0 Å². The second-order valence-electron chi connectivity index (χ2n) is 5.91. The third-order valence-electron chi connectivity index (χ3n) is 4.15. The lowest BCUT2D eigenvalue weighted by Gasteiger charge is -2.35. The number of hydrogen-bond donors (Lipinski definition) is 0. The normalized spacial score (nSPS) is 14.7. The summed E-state index contributed by atoms with van der Waals surface area (Å²) < 4.78 is 0. The highest BCUT2D eigenvalue weighted by Gasteiger charge is 2.22. The van der Waals surface area contributed by atoms with Crippen molar-refractivity contribution in [3.63, 3.8) is 0 Å². The standard InChI is InChI=1S/C18H22N4O/c1-20(2)16-7-5-6-15(14-16)18(23)22-12-10-21(11-13-22)17-8-3-4-9-19-17/h3-9,14H,10-13H2,1-2H3. The summed E-state index contributed by atoms with van der Waals surface area (Å²) in [6.45, 7) is 3.08. The zero-order valence-electron chi connectivity index (χ0n) is 13.6. The molecule has 1 aliphatic heterocycles. The van der Waals surface area contributed by atoms with Crippen molar-refractivity contribution in [1.82, 2.24) is 9.88 Å². The van der Waals surface area contributed by atoms with E-state index in [4.69, 9.17) is 0 Å². The summed E-state index contributed by atoms with van der Waals surface area (Å²) in [7, 11) is 3.96. The smallest absolute Gasteiger partial charge is 0.254 e. The van der Waals surface area contributed by atoms with Crippen molar-refractivity contribution >= 4 is 17.4 Å². The Morgan fingerprint density at radius 1 is 1.04 bits per heavy atom. The molecule has 1 saturated heterocycles. The Morgan fingerprint density at radius 3 is 2.48 bits per heavy atom. The number of pyridine rings is 1. The van der Waals surface area contributed by atoms with Crippen LogP contribution in [0, 0.1) is 0 Å². The Labute approximate surface area is 137 Å². The predicted octanol–water partition coefficient (Wildman–Crippen LogP) is 2.11. The minimum atomic E-state index is 0.106. The van der Waals surface area contributed by atoms with E-state index in [1.165, 1.54) is 0 Å². The number of amides is 1. The van der Waals surface area contributed by atoms with Crippen molar-refractivity contribution in [2.45, 2.75) is 0 Å². The van der Waals surface area contributed by atoms with E-state index in [1.807, 2.05) is 66.4 Å². The summed E-state index contributed by atoms with van der Waals surface area (Å²) in [5.41, 5.74) is 1.80. The molecular formula is C18H22N4O. The Hall–Kier alpha value is -2.56. The van der Waals surface area contributed by atoms with Gasteiger partial charge in [-0.05, 0) is 30.3 Å². The van der Waals surface area contributed by atoms with Gasteiger partial charge in [-0.2, -0.15) is 0 Å². The Kier molecular flexibility index (Phi) is 4.46. The number of anilines is 2. The van der Waals surface area contributed by atoms with Gasteiger partial charge in [0.1, 0.15) is 5.82 Å². The van der Waals surface area contributed by atoms with Gasteiger partial charge >= 0.3 is 0 Å². The third-order valence-corrected chi connectivity index (χ3v) is 4.15. The molecule has 0 radical (unpaired) electrons. The molecule has 5 nitrogen and oxygen atoms in total. The van der Waals surface area contributed by atoms with Gasteiger partial charge < -0.3 is 14.7 Å². The van der Waals surface area contributed by atoms with Crippen LogP contribution in [-0.4, -0.2) is 56.1 Å². The van der Waals surface area contributed by atoms with Gasteiger partial charge in [0, 0.05) is 57.7 Å². The third kappa shape index (κ3) is 3.44. The van der Waals surface area contributed by atoms with E-state index in [1.54, 1.807) is 6.20 Å². The lowest BCUT2D eigenvalue weighted by Crippen LogP contribution is -2.49. The van der Waals surface area contributed by atoms with Gasteiger partial charge in [0.2, 0.25) is 0 Å². The minimum Gasteiger partial charge on any atom is -0.378 e. The molecule has 0 aliphatic carbocycles. The van der Waals surface area contributed by atoms with Crippen LogP contribution in [0.15, 0.2) is 48.7 Å². The van der Waals surface area contributed by atoms with Crippen molar-refractivity contribution in [2.75, 3.05) is 50.1 Å². The van der Waals surface area contributed by atoms with Crippen LogP contribution in [0.5, 0.6) is 0 Å². The molecule has 23 heavy (non-hydrogen) atoms. The number of piperazine rings is 1. The van der Waals surface area contributed by atoms with Crippen molar-refractivity contribution in [3.05, 3.63) is 54.2 Å². The maximum absolute atomic E-state index is 12.7. The molecular weight excluding hydrogens is 288 g/mol. The Morgan fingerprint density at radius 2 is 1.83 bits per heavy atom. The highest BCUT2D eigenvalue weighted by molar-refractivity contribution is 5.95. The van der Waals surface area contributed by atoms with E-state index < -0.39 is 0 Å². The number of hydrogen-bond acceptors (Lipinski definition) is 4. The first-order chi connectivity index (χ1) is 11.1. The molecule has 0 bridgehead atoms. The molecule has 2 heterocycles. The minimum absolute atomic E-state index is 0.106. The lowest BCUT2D eigenvalue weighted by molar-refractivity contribution is 0.0746. The van der Waals surface area contributed by atoms with Crippen LogP contribution >= 0.6 is 0 Å². The average Bonchev–Trinajstić information content (AvgIpc) is 2.62. The first kappa shape index (κ1) is 15.3. The Bertz CT molecular complexity index is 664. The molecule has 1 aromatic heterocycles. The molecule has 1 aliphatic rings. The fourth-order valence-electron chi connectivity index (χ4n) is 2.78. The van der Waals surface area contributed by atoms with E-state index >= 15 is 0 Å². The zero-order valence-corrected chi connectivity index (χ0v) is 13.6. The highest BCUT2D eigenvalue weighted by atomic mass is 16.2. The van der Waals surface area contributed by atoms with E-state index in [9.17, 15) is 4.79 Å². The van der Waals surface area contributed by atoms with Crippen molar-refractivity contribution < 1.29 is 4.79 Å². The number of rotatable bonds is 3. The fraction of sp³-hybridized carbons (Fsp3) is 0.333. The number of benzene rings is 1.